The van der Waals surface area contributed by atoms with E-state index in [-0.39, 0.29) is 29.8 Å². The van der Waals surface area contributed by atoms with Gasteiger partial charge in [0.15, 0.2) is 0 Å². The zero-order chi connectivity index (χ0) is 31.9. The van der Waals surface area contributed by atoms with Gasteiger partial charge in [0.25, 0.3) is 11.8 Å². The molecule has 1 aromatic heterocycles. The summed E-state index contributed by atoms with van der Waals surface area (Å²) < 4.78 is 1.91. The Kier molecular flexibility index (Phi) is 14.7. The topological polar surface area (TPSA) is 103 Å². The molecular formula is C34H47N5O3S2. The summed E-state index contributed by atoms with van der Waals surface area (Å²) in [6.07, 6.45) is 6.83. The van der Waals surface area contributed by atoms with Crippen molar-refractivity contribution in [3.63, 3.8) is 0 Å². The molecule has 10 heteroatoms. The van der Waals surface area contributed by atoms with E-state index in [1.165, 1.54) is 43.2 Å². The van der Waals surface area contributed by atoms with Crippen molar-refractivity contribution in [3.8, 4) is 0 Å². The molecule has 0 saturated heterocycles. The number of aryl methyl sites for hydroxylation is 1. The standard InChI is InChI=1S/C27H39N5O3S2.C7H8/c1-18(21-9-12-37-17-21)31-27(35)23-13-22(14-24(15-23)32(3)36-4)26(34)29-11-10-28-19(2)25(33)30-16-20-7-5-6-8-20;1-7-5-3-2-4-6-7/h9,12-15,17-20,28H,5-8,10-11,16H2,1-4H3,(H,29,34)(H,30,33)(H,31,35);2-6H,1H3/t18?,19-;/m0./s1. The molecule has 0 spiro atoms. The van der Waals surface area contributed by atoms with Gasteiger partial charge in [0.2, 0.25) is 5.91 Å². The number of thiophene rings is 1. The Morgan fingerprint density at radius 1 is 0.955 bits per heavy atom. The number of nitrogens with one attached hydrogen (secondary N) is 4. The van der Waals surface area contributed by atoms with Gasteiger partial charge >= 0.3 is 0 Å². The van der Waals surface area contributed by atoms with Crippen LogP contribution in [0, 0.1) is 12.8 Å². The number of hydrogen-bond donors (Lipinski definition) is 4. The van der Waals surface area contributed by atoms with Gasteiger partial charge < -0.3 is 25.6 Å². The molecule has 4 N–H and O–H groups in total. The molecule has 1 aliphatic rings. The van der Waals surface area contributed by atoms with Gasteiger partial charge in [-0.15, -0.1) is 0 Å². The Morgan fingerprint density at radius 2 is 1.64 bits per heavy atom. The first-order valence-corrected chi connectivity index (χ1v) is 17.4. The fraction of sp³-hybridized carbons (Fsp3) is 0.441. The van der Waals surface area contributed by atoms with Gasteiger partial charge in [-0.05, 0) is 80.1 Å². The first-order chi connectivity index (χ1) is 21.2. The highest BCUT2D eigenvalue weighted by molar-refractivity contribution is 7.99. The van der Waals surface area contributed by atoms with Gasteiger partial charge in [0.05, 0.1) is 12.1 Å². The normalized spacial score (nSPS) is 14.1. The SMILES string of the molecule is CSN(C)c1cc(C(=O)NCCN[C@@H](C)C(=O)NCC2CCCC2)cc(C(=O)NC(C)c2ccsc2)c1.Cc1ccccc1. The highest BCUT2D eigenvalue weighted by Gasteiger charge is 2.19. The summed E-state index contributed by atoms with van der Waals surface area (Å²) in [5, 5.41) is 16.1. The second kappa shape index (κ2) is 18.5. The van der Waals surface area contributed by atoms with Crippen LogP contribution in [0.25, 0.3) is 0 Å². The van der Waals surface area contributed by atoms with Crippen molar-refractivity contribution in [2.75, 3.05) is 37.2 Å². The first-order valence-electron chi connectivity index (χ1n) is 15.2. The monoisotopic (exact) mass is 637 g/mol. The summed E-state index contributed by atoms with van der Waals surface area (Å²) in [5.74, 6) is 0.0835. The molecule has 44 heavy (non-hydrogen) atoms. The van der Waals surface area contributed by atoms with Crippen LogP contribution in [-0.4, -0.2) is 56.7 Å². The first kappa shape index (κ1) is 35.1. The van der Waals surface area contributed by atoms with Crippen LogP contribution in [0.1, 0.15) is 77.4 Å². The molecule has 1 fully saturated rings. The number of benzene rings is 2. The lowest BCUT2D eigenvalue weighted by Crippen LogP contribution is -2.45. The molecule has 4 rings (SSSR count). The molecule has 1 unspecified atom stereocenters. The Balaban J connectivity index is 0.000000662. The maximum absolute atomic E-state index is 13.0. The van der Waals surface area contributed by atoms with Gasteiger partial charge in [-0.3, -0.25) is 14.4 Å². The Hall–Kier alpha value is -3.34. The van der Waals surface area contributed by atoms with Gasteiger partial charge in [-0.25, -0.2) is 0 Å². The molecule has 8 nitrogen and oxygen atoms in total. The fourth-order valence-corrected chi connectivity index (χ4v) is 5.92. The van der Waals surface area contributed by atoms with E-state index in [2.05, 4.69) is 40.3 Å². The zero-order valence-corrected chi connectivity index (χ0v) is 28.2. The lowest BCUT2D eigenvalue weighted by atomic mass is 10.1. The van der Waals surface area contributed by atoms with Gasteiger partial charge in [-0.2, -0.15) is 11.3 Å². The Bertz CT molecular complexity index is 1310. The minimum Gasteiger partial charge on any atom is -0.354 e. The van der Waals surface area contributed by atoms with Crippen LogP contribution in [0.2, 0.25) is 0 Å². The third-order valence-electron chi connectivity index (χ3n) is 7.70. The Morgan fingerprint density at radius 3 is 2.23 bits per heavy atom. The second-order valence-corrected chi connectivity index (χ2v) is 12.9. The molecule has 1 heterocycles. The van der Waals surface area contributed by atoms with E-state index in [1.54, 1.807) is 29.5 Å². The largest absolute Gasteiger partial charge is 0.354 e. The number of amides is 3. The average Bonchev–Trinajstić information content (AvgIpc) is 3.77. The third kappa shape index (κ3) is 11.6. The number of anilines is 1. The lowest BCUT2D eigenvalue weighted by molar-refractivity contribution is -0.122. The summed E-state index contributed by atoms with van der Waals surface area (Å²) in [6.45, 7) is 7.41. The van der Waals surface area contributed by atoms with Gasteiger partial charge in [0, 0.05) is 49.8 Å². The van der Waals surface area contributed by atoms with Crippen molar-refractivity contribution in [2.24, 2.45) is 5.92 Å². The highest BCUT2D eigenvalue weighted by atomic mass is 32.2. The van der Waals surface area contributed by atoms with Gasteiger partial charge in [-0.1, -0.05) is 60.7 Å². The molecule has 0 aliphatic heterocycles. The minimum atomic E-state index is -0.336. The van der Waals surface area contributed by atoms with E-state index in [0.29, 0.717) is 30.1 Å². The molecule has 3 amide bonds. The molecule has 0 radical (unpaired) electrons. The summed E-state index contributed by atoms with van der Waals surface area (Å²) in [6, 6.07) is 17.0. The number of hydrogen-bond acceptors (Lipinski definition) is 7. The molecule has 238 valence electrons. The Labute approximate surface area is 270 Å². The summed E-state index contributed by atoms with van der Waals surface area (Å²) in [5.41, 5.74) is 3.97. The fourth-order valence-electron chi connectivity index (χ4n) is 4.85. The second-order valence-electron chi connectivity index (χ2n) is 11.2. The van der Waals surface area contributed by atoms with Crippen LogP contribution in [0.4, 0.5) is 5.69 Å². The molecule has 2 aromatic carbocycles. The third-order valence-corrected chi connectivity index (χ3v) is 9.16. The summed E-state index contributed by atoms with van der Waals surface area (Å²) in [4.78, 5) is 38.3. The lowest BCUT2D eigenvalue weighted by Gasteiger charge is -2.19. The van der Waals surface area contributed by atoms with Crippen molar-refractivity contribution in [1.82, 2.24) is 21.3 Å². The van der Waals surface area contributed by atoms with Crippen molar-refractivity contribution in [2.45, 2.75) is 58.5 Å². The van der Waals surface area contributed by atoms with Crippen molar-refractivity contribution in [1.29, 1.82) is 0 Å². The number of carbonyl (C=O) groups is 3. The zero-order valence-electron chi connectivity index (χ0n) is 26.5. The predicted molar refractivity (Wildman–Crippen MR) is 185 cm³/mol. The van der Waals surface area contributed by atoms with E-state index < -0.39 is 0 Å². The van der Waals surface area contributed by atoms with E-state index in [0.717, 1.165) is 17.8 Å². The number of rotatable bonds is 13. The van der Waals surface area contributed by atoms with Crippen molar-refractivity contribution in [3.05, 3.63) is 87.6 Å². The van der Waals surface area contributed by atoms with Crippen LogP contribution >= 0.6 is 23.3 Å². The average molecular weight is 638 g/mol. The highest BCUT2D eigenvalue weighted by Crippen LogP contribution is 2.24. The van der Waals surface area contributed by atoms with E-state index in [4.69, 9.17) is 0 Å². The molecule has 3 aromatic rings. The maximum Gasteiger partial charge on any atom is 0.251 e. The van der Waals surface area contributed by atoms with Crippen molar-refractivity contribution >= 4 is 46.7 Å². The van der Waals surface area contributed by atoms with Gasteiger partial charge in [0.1, 0.15) is 0 Å². The van der Waals surface area contributed by atoms with E-state index in [1.807, 2.05) is 66.5 Å². The van der Waals surface area contributed by atoms with E-state index in [9.17, 15) is 14.4 Å². The summed E-state index contributed by atoms with van der Waals surface area (Å²) >= 11 is 3.08. The molecule has 1 aliphatic carbocycles. The summed E-state index contributed by atoms with van der Waals surface area (Å²) in [7, 11) is 1.89. The van der Waals surface area contributed by atoms with Crippen molar-refractivity contribution < 1.29 is 14.4 Å². The number of carbonyl (C=O) groups excluding carboxylic acids is 3. The minimum absolute atomic E-state index is 0.0154. The molecule has 0 bridgehead atoms. The van der Waals surface area contributed by atoms with E-state index >= 15 is 0 Å². The van der Waals surface area contributed by atoms with Crippen LogP contribution in [-0.2, 0) is 4.79 Å². The number of nitrogens with zero attached hydrogens (tertiary/aromatic N) is 1. The molecule has 1 saturated carbocycles. The predicted octanol–water partition coefficient (Wildman–Crippen LogP) is 5.96. The maximum atomic E-state index is 13.0. The van der Waals surface area contributed by atoms with Crippen LogP contribution in [0.3, 0.4) is 0 Å². The van der Waals surface area contributed by atoms with Crippen LogP contribution < -0.4 is 25.6 Å². The quantitative estimate of drug-likeness (QED) is 0.136. The molecule has 2 atom stereocenters. The van der Waals surface area contributed by atoms with Crippen LogP contribution in [0.15, 0.2) is 65.4 Å². The molecular weight excluding hydrogens is 591 g/mol. The van der Waals surface area contributed by atoms with Crippen LogP contribution in [0.5, 0.6) is 0 Å². The smallest absolute Gasteiger partial charge is 0.251 e.